The molecule has 1 unspecified atom stereocenters. The van der Waals surface area contributed by atoms with Crippen molar-refractivity contribution in [2.24, 2.45) is 41.1 Å². The average molecular weight is 2190 g/mol. The number of carboxylic acid groups (broad SMARTS) is 2. The number of aliphatic hydroxyl groups is 1. The van der Waals surface area contributed by atoms with E-state index in [4.69, 9.17) is 16.9 Å². The fourth-order valence-corrected chi connectivity index (χ4v) is 20.1. The number of thioether (sulfide) groups is 3. The van der Waals surface area contributed by atoms with Crippen molar-refractivity contribution in [2.75, 3.05) is 72.3 Å². The molecule has 4 fully saturated rings. The van der Waals surface area contributed by atoms with E-state index in [0.717, 1.165) is 30.4 Å². The monoisotopic (exact) mass is 2190 g/mol. The topological polar surface area (TPSA) is 827 Å². The molecular weight excluding hydrogens is 2040 g/mol. The lowest BCUT2D eigenvalue weighted by atomic mass is 9.96. The molecule has 2 aromatic rings. The van der Waals surface area contributed by atoms with Crippen LogP contribution in [-0.2, 0) is 127 Å². The number of nitrogens with two attached hydrogens (primary N) is 2. The highest BCUT2D eigenvalue weighted by molar-refractivity contribution is 7.99. The number of hydrogen-bond donors (Lipinski definition) is 29. The molecule has 0 aliphatic carbocycles. The van der Waals surface area contributed by atoms with E-state index in [9.17, 15) is 72.3 Å². The largest absolute Gasteiger partial charge is 0.481 e. The van der Waals surface area contributed by atoms with Gasteiger partial charge in [0.2, 0.25) is 124 Å². The molecule has 0 saturated carbocycles. The number of para-hydroxylation sites is 1. The molecule has 31 N–H and O–H groups in total. The van der Waals surface area contributed by atoms with E-state index in [2.05, 4.69) is 122 Å². The van der Waals surface area contributed by atoms with Crippen LogP contribution in [0.5, 0.6) is 0 Å². The molecule has 4 saturated heterocycles. The number of carboxylic acids is 2. The third-order valence-corrected chi connectivity index (χ3v) is 29.7. The smallest absolute Gasteiger partial charge is 0.326 e. The highest BCUT2D eigenvalue weighted by Crippen LogP contribution is 2.24. The van der Waals surface area contributed by atoms with Crippen molar-refractivity contribution in [3.8, 4) is 0 Å². The Kier molecular flexibility index (Phi) is 51.9. The SMILES string of the molecule is CC[C@H](C)[C@@H]1NC(=O)[C@@H]2CCSC[C@@H]3NC(=O)[C@H]([C@@H](C)CC)NC(=O)[C@H](C(C)C)NC(=O)[C@H](CCS(=O)C[C@@H](C(=O)N[C@@H](CCCNC(=N)N)C(=O)O)NC(=O)[C@H](C)NC3=O)NC(=O)CNC(=O)[C@H](CSCC[C@H](NC(=O)[C@@H]3CSC[C@H](NC(=O)[C@@H](C)N)C(=O)N[C@@H](C)C(=O)N[C@@H](CO)C(=O)NCC(=O)N[C@@H](Cc4c[nH]c5ccccc45)C(=O)N[C@@H](C(C)C)C(=O)N3)C(=O)N[C@@H](CC(C)C)C(=O)N2)NC(=O)[C@H](CCC(=O)O)NC1=O. The predicted octanol–water partition coefficient (Wildman–Crippen LogP) is -8.63. The first-order valence-corrected chi connectivity index (χ1v) is 54.5. The van der Waals surface area contributed by atoms with Gasteiger partial charge in [0.25, 0.3) is 0 Å². The van der Waals surface area contributed by atoms with E-state index < -0.39 is 395 Å². The number of rotatable bonds is 25. The molecule has 5 heterocycles. The van der Waals surface area contributed by atoms with Crippen LogP contribution in [0.2, 0.25) is 0 Å². The maximum Gasteiger partial charge on any atom is 0.326 e. The molecule has 53 nitrogen and oxygen atoms in total. The first-order chi connectivity index (χ1) is 70.7. The number of guanidine groups is 1. The normalized spacial score (nSPS) is 27.5. The van der Waals surface area contributed by atoms with Crippen LogP contribution in [0.25, 0.3) is 10.9 Å². The molecule has 1 aromatic carbocycles. The van der Waals surface area contributed by atoms with Crippen LogP contribution in [-0.4, -0.2) is 360 Å². The summed E-state index contributed by atoms with van der Waals surface area (Å²) in [5.74, 6) is -35.5. The number of aliphatic carboxylic acids is 2. The Morgan fingerprint density at radius 2 is 0.987 bits per heavy atom. The molecule has 4 aliphatic heterocycles. The second-order valence-corrected chi connectivity index (χ2v) is 43.3. The van der Waals surface area contributed by atoms with Crippen LogP contribution in [0.3, 0.4) is 0 Å². The Balaban J connectivity index is 1.60. The van der Waals surface area contributed by atoms with Gasteiger partial charge in [0.1, 0.15) is 115 Å². The Morgan fingerprint density at radius 1 is 0.493 bits per heavy atom. The van der Waals surface area contributed by atoms with Crippen molar-refractivity contribution in [1.29, 1.82) is 5.41 Å². The molecular formula is C93H146N26O27S4. The lowest BCUT2D eigenvalue weighted by Crippen LogP contribution is -2.62. The quantitative estimate of drug-likeness (QED) is 0.0190. The van der Waals surface area contributed by atoms with Gasteiger partial charge < -0.3 is 149 Å². The van der Waals surface area contributed by atoms with Crippen molar-refractivity contribution < 1.29 is 130 Å². The van der Waals surface area contributed by atoms with Crippen molar-refractivity contribution in [1.82, 2.24) is 122 Å². The van der Waals surface area contributed by atoms with Crippen molar-refractivity contribution in [2.45, 2.75) is 281 Å². The zero-order chi connectivity index (χ0) is 112. The van der Waals surface area contributed by atoms with Gasteiger partial charge in [-0.25, -0.2) is 4.79 Å². The molecule has 834 valence electrons. The summed E-state index contributed by atoms with van der Waals surface area (Å²) in [6.45, 7) is 16.2. The molecule has 1 aromatic heterocycles. The molecule has 0 radical (unpaired) electrons. The first-order valence-electron chi connectivity index (χ1n) is 49.6. The van der Waals surface area contributed by atoms with E-state index in [0.29, 0.717) is 28.2 Å². The van der Waals surface area contributed by atoms with Gasteiger partial charge in [-0.1, -0.05) is 100 Å². The third-order valence-electron chi connectivity index (χ3n) is 24.9. The summed E-state index contributed by atoms with van der Waals surface area (Å²) in [7, 11) is -2.41. The van der Waals surface area contributed by atoms with E-state index in [1.54, 1.807) is 65.1 Å². The summed E-state index contributed by atoms with van der Waals surface area (Å²) >= 11 is 2.30. The van der Waals surface area contributed by atoms with Gasteiger partial charge in [-0.15, -0.1) is 0 Å². The zero-order valence-corrected chi connectivity index (χ0v) is 89.3. The fourth-order valence-electron chi connectivity index (χ4n) is 15.6. The highest BCUT2D eigenvalue weighted by Gasteiger charge is 2.43. The zero-order valence-electron chi connectivity index (χ0n) is 86.0. The molecule has 23 atom stereocenters. The second kappa shape index (κ2) is 61.9. The molecule has 0 spiro atoms. The van der Waals surface area contributed by atoms with Gasteiger partial charge in [-0.2, -0.15) is 35.3 Å². The summed E-state index contributed by atoms with van der Waals surface area (Å²) in [6.07, 6.45) is -2.34. The van der Waals surface area contributed by atoms with Crippen LogP contribution in [0.1, 0.15) is 160 Å². The lowest BCUT2D eigenvalue weighted by Gasteiger charge is -2.31. The van der Waals surface area contributed by atoms with Gasteiger partial charge >= 0.3 is 11.9 Å². The number of H-pyrrole nitrogens is 1. The maximum atomic E-state index is 15.8. The van der Waals surface area contributed by atoms with Gasteiger partial charge in [-0.3, -0.25) is 115 Å². The maximum absolute atomic E-state index is 15.8. The number of aromatic amines is 1. The fraction of sp³-hybridized carbons (Fsp3) is 0.656. The van der Waals surface area contributed by atoms with Gasteiger partial charge in [-0.05, 0) is 118 Å². The van der Waals surface area contributed by atoms with Crippen molar-refractivity contribution in [3.05, 3.63) is 36.0 Å². The predicted molar refractivity (Wildman–Crippen MR) is 552 cm³/mol. The van der Waals surface area contributed by atoms with E-state index >= 15 is 57.5 Å². The highest BCUT2D eigenvalue weighted by atomic mass is 32.2. The Hall–Kier alpha value is -13.0. The number of benzene rings is 1. The van der Waals surface area contributed by atoms with E-state index in [1.165, 1.54) is 48.5 Å². The summed E-state index contributed by atoms with van der Waals surface area (Å²) in [5.41, 5.74) is 12.5. The Labute approximate surface area is 882 Å². The molecule has 4 aliphatic rings. The molecule has 21 amide bonds. The standard InChI is InChI=1S/C93H146N26O27S4/c1-14-45(9)71-90(142)107-53(22-23-68(123)124)78(130)112-61-37-147-28-24-54(106-86(138)64-40-149-39-63(111-73(125)47(11)94)85(137)101-48(12)74(126)110-60(36-120)76(128)99-35-67(122)104-59(83(135)117-69(43(5)6)88(140)113-64)32-50-33-98-52-20-17-16-19-51(50)52)79(131)109-58(31-42(3)4)82(134)105-55(80(132)118-71)25-29-148-38-62-84(136)102-49(13)75(127)115-65(87(139)108-57(92(144)145)21-18-27-97-93(95)96)41-150(146)30-26-56(103-66(121)34-100-77(61)129)81(133)116-70(44(7)8)89(141)119-72(46(10)15-2)91(143)114-62/h16-17,19-20,33,42-49,53-65,69-72,98,120H,14-15,18,21-32,34-41,94H2,1-13H3,(H,99,128)(H,100,129)(H,101,137)(H,102,136)(H,103,121)(H,104,122)(H,105,134)(H,106,138)(H,107,142)(H,108,139)(H,109,131)(H,110,126)(H,111,125)(H,112,130)(H,113,140)(H,114,143)(H,115,127)(H,116,133)(H,117,135)(H,118,132)(H,119,141)(H,123,124)(H,144,145)(H4,95,96,97)/t45-,46-,47+,48-,49-,53-,54-,55-,56-,57-,58-,59-,60-,61-,62-,63-,64-,65-,69-,70-,71-,72-,150?/m0/s1. The summed E-state index contributed by atoms with van der Waals surface area (Å²) in [5, 5.41) is 94.4. The second-order valence-electron chi connectivity index (χ2n) is 38.3. The number of carbonyl (C=O) groups is 23. The summed E-state index contributed by atoms with van der Waals surface area (Å²) in [4.78, 5) is 340. The number of nitrogens with one attached hydrogen (secondary N) is 24. The van der Waals surface area contributed by atoms with E-state index in [1.807, 2.05) is 0 Å². The van der Waals surface area contributed by atoms with E-state index in [-0.39, 0.29) is 50.8 Å². The summed E-state index contributed by atoms with van der Waals surface area (Å²) < 4.78 is 14.6. The van der Waals surface area contributed by atoms with Crippen LogP contribution < -0.4 is 128 Å². The lowest BCUT2D eigenvalue weighted by molar-refractivity contribution is -0.142. The molecule has 150 heavy (non-hydrogen) atoms. The first kappa shape index (κ1) is 126. The number of fused-ring (bicyclic) bond motifs is 19. The number of aliphatic hydroxyl groups excluding tert-OH is 1. The van der Waals surface area contributed by atoms with Crippen LogP contribution in [0, 0.1) is 35.0 Å². The Morgan fingerprint density at radius 3 is 1.58 bits per heavy atom. The summed E-state index contributed by atoms with van der Waals surface area (Å²) in [6, 6.07) is -27.6. The van der Waals surface area contributed by atoms with Crippen LogP contribution in [0.4, 0.5) is 0 Å². The van der Waals surface area contributed by atoms with Gasteiger partial charge in [0, 0.05) is 76.1 Å². The molecule has 4 bridgehead atoms. The third kappa shape index (κ3) is 40.7. The van der Waals surface area contributed by atoms with Gasteiger partial charge in [0.05, 0.1) is 31.5 Å². The number of hydrogen-bond acceptors (Lipinski definition) is 30. The minimum Gasteiger partial charge on any atom is -0.481 e. The number of carbonyl (C=O) groups excluding carboxylic acids is 21. The average Bonchev–Trinajstić information content (AvgIpc) is 1.67. The molecule has 6 rings (SSSR count). The number of amides is 21. The molecule has 57 heteroatoms. The van der Waals surface area contributed by atoms with Crippen LogP contribution >= 0.6 is 35.3 Å². The van der Waals surface area contributed by atoms with Crippen molar-refractivity contribution >= 4 is 199 Å². The minimum absolute atomic E-state index is 0.00412. The van der Waals surface area contributed by atoms with Crippen LogP contribution in [0.15, 0.2) is 30.5 Å². The number of aromatic nitrogens is 1. The van der Waals surface area contributed by atoms with Crippen molar-refractivity contribution in [3.63, 3.8) is 0 Å². The van der Waals surface area contributed by atoms with Gasteiger partial charge in [0.15, 0.2) is 5.96 Å². The Bertz CT molecular complexity index is 5190. The minimum atomic E-state index is -2.41.